The summed E-state index contributed by atoms with van der Waals surface area (Å²) in [5.41, 5.74) is 0. The minimum atomic E-state index is -0.0924. The van der Waals surface area contributed by atoms with Gasteiger partial charge in [-0.1, -0.05) is 6.42 Å². The molecule has 0 aromatic rings. The Bertz CT molecular complexity index is 818. The van der Waals surface area contributed by atoms with Gasteiger partial charge < -0.3 is 30.9 Å². The van der Waals surface area contributed by atoms with Gasteiger partial charge in [0.15, 0.2) is 0 Å². The SMILES string of the molecule is CCOC1CC2NCC(C#N)C(NC3CCC(CCC4CCCCN4)C(Cl)C3)C2CC1NC(=O)CCCN(C)C. The fourth-order valence-corrected chi connectivity index (χ4v) is 8.26. The number of piperidine rings is 2. The summed E-state index contributed by atoms with van der Waals surface area (Å²) in [6.07, 6.45) is 12.7. The highest BCUT2D eigenvalue weighted by molar-refractivity contribution is 6.20. The van der Waals surface area contributed by atoms with Crippen LogP contribution in [0.1, 0.15) is 84.0 Å². The van der Waals surface area contributed by atoms with E-state index in [4.69, 9.17) is 16.3 Å². The molecule has 0 bridgehead atoms. The summed E-state index contributed by atoms with van der Waals surface area (Å²) in [6.45, 7) is 5.42. The third-order valence-corrected chi connectivity index (χ3v) is 10.5. The molecule has 4 aliphatic rings. The molecule has 10 unspecified atom stereocenters. The Balaban J connectivity index is 1.34. The first-order valence-electron chi connectivity index (χ1n) is 16.2. The molecule has 228 valence electrons. The number of halogens is 1. The number of hydrogen-bond acceptors (Lipinski definition) is 7. The lowest BCUT2D eigenvalue weighted by Gasteiger charge is -2.50. The van der Waals surface area contributed by atoms with Crippen molar-refractivity contribution < 1.29 is 9.53 Å². The lowest BCUT2D eigenvalue weighted by Crippen LogP contribution is -2.66. The van der Waals surface area contributed by atoms with Crippen LogP contribution in [0.2, 0.25) is 0 Å². The summed E-state index contributed by atoms with van der Waals surface area (Å²) >= 11 is 7.01. The van der Waals surface area contributed by atoms with Crippen molar-refractivity contribution in [2.45, 2.75) is 126 Å². The zero-order valence-corrected chi connectivity index (χ0v) is 25.9. The number of nitriles is 1. The van der Waals surface area contributed by atoms with E-state index in [0.29, 0.717) is 37.6 Å². The Morgan fingerprint density at radius 1 is 1.12 bits per heavy atom. The predicted octanol–water partition coefficient (Wildman–Crippen LogP) is 3.40. The van der Waals surface area contributed by atoms with E-state index in [1.807, 2.05) is 21.0 Å². The van der Waals surface area contributed by atoms with E-state index in [1.165, 1.54) is 32.1 Å². The van der Waals surface area contributed by atoms with E-state index in [2.05, 4.69) is 32.2 Å². The van der Waals surface area contributed by atoms with Gasteiger partial charge in [0.2, 0.25) is 5.91 Å². The highest BCUT2D eigenvalue weighted by Gasteiger charge is 2.47. The summed E-state index contributed by atoms with van der Waals surface area (Å²) in [6, 6.07) is 3.97. The molecule has 9 heteroatoms. The fraction of sp³-hybridized carbons (Fsp3) is 0.935. The predicted molar refractivity (Wildman–Crippen MR) is 161 cm³/mol. The van der Waals surface area contributed by atoms with Gasteiger partial charge in [0.25, 0.3) is 0 Å². The quantitative estimate of drug-likeness (QED) is 0.263. The average Bonchev–Trinajstić information content (AvgIpc) is 2.94. The second kappa shape index (κ2) is 16.0. The second-order valence-electron chi connectivity index (χ2n) is 13.2. The average molecular weight is 579 g/mol. The molecular formula is C31H55ClN6O2. The van der Waals surface area contributed by atoms with E-state index in [-0.39, 0.29) is 47.3 Å². The molecule has 0 aromatic heterocycles. The third-order valence-electron chi connectivity index (χ3n) is 10.0. The maximum Gasteiger partial charge on any atom is 0.220 e. The lowest BCUT2D eigenvalue weighted by molar-refractivity contribution is -0.124. The Kier molecular flexibility index (Phi) is 12.8. The summed E-state index contributed by atoms with van der Waals surface area (Å²) in [7, 11) is 4.07. The third kappa shape index (κ3) is 9.02. The molecule has 0 radical (unpaired) electrons. The summed E-state index contributed by atoms with van der Waals surface area (Å²) in [5.74, 6) is 0.868. The summed E-state index contributed by atoms with van der Waals surface area (Å²) in [5, 5.41) is 24.9. The van der Waals surface area contributed by atoms with Crippen LogP contribution in [0.15, 0.2) is 0 Å². The highest BCUT2D eigenvalue weighted by atomic mass is 35.5. The van der Waals surface area contributed by atoms with Gasteiger partial charge in [-0.05, 0) is 110 Å². The molecule has 2 saturated heterocycles. The number of rotatable bonds is 12. The van der Waals surface area contributed by atoms with Crippen molar-refractivity contribution in [3.05, 3.63) is 0 Å². The van der Waals surface area contributed by atoms with Gasteiger partial charge in [-0.2, -0.15) is 5.26 Å². The Morgan fingerprint density at radius 2 is 1.98 bits per heavy atom. The van der Waals surface area contributed by atoms with Gasteiger partial charge in [0, 0.05) is 49.1 Å². The van der Waals surface area contributed by atoms with Crippen molar-refractivity contribution >= 4 is 17.5 Å². The van der Waals surface area contributed by atoms with Crippen LogP contribution in [0, 0.1) is 29.1 Å². The van der Waals surface area contributed by atoms with Crippen molar-refractivity contribution in [3.63, 3.8) is 0 Å². The topological polar surface area (TPSA) is 101 Å². The minimum absolute atomic E-state index is 0.00264. The number of hydrogen-bond donors (Lipinski definition) is 4. The van der Waals surface area contributed by atoms with Crippen LogP contribution < -0.4 is 21.3 Å². The molecule has 10 atom stereocenters. The minimum Gasteiger partial charge on any atom is -0.376 e. The zero-order valence-electron chi connectivity index (χ0n) is 25.2. The first-order valence-corrected chi connectivity index (χ1v) is 16.6. The van der Waals surface area contributed by atoms with Crippen LogP contribution in [0.5, 0.6) is 0 Å². The number of carbonyl (C=O) groups is 1. The Hall–Kier alpha value is -0.950. The molecule has 40 heavy (non-hydrogen) atoms. The molecule has 0 spiro atoms. The van der Waals surface area contributed by atoms with Crippen LogP contribution >= 0.6 is 11.6 Å². The molecule has 2 heterocycles. The lowest BCUT2D eigenvalue weighted by atomic mass is 9.69. The smallest absolute Gasteiger partial charge is 0.220 e. The van der Waals surface area contributed by atoms with Gasteiger partial charge in [-0.3, -0.25) is 4.79 Å². The fourth-order valence-electron chi connectivity index (χ4n) is 7.80. The molecule has 0 aromatic carbocycles. The molecular weight excluding hydrogens is 524 g/mol. The number of amides is 1. The van der Waals surface area contributed by atoms with Crippen LogP contribution in [0.4, 0.5) is 0 Å². The van der Waals surface area contributed by atoms with Gasteiger partial charge in [-0.25, -0.2) is 0 Å². The van der Waals surface area contributed by atoms with Crippen molar-refractivity contribution in [1.82, 2.24) is 26.2 Å². The molecule has 4 fully saturated rings. The number of nitrogens with one attached hydrogen (secondary N) is 4. The van der Waals surface area contributed by atoms with E-state index < -0.39 is 0 Å². The van der Waals surface area contributed by atoms with E-state index >= 15 is 0 Å². The largest absolute Gasteiger partial charge is 0.376 e. The van der Waals surface area contributed by atoms with Gasteiger partial charge in [-0.15, -0.1) is 11.6 Å². The first-order chi connectivity index (χ1) is 19.4. The van der Waals surface area contributed by atoms with Crippen LogP contribution in [0.25, 0.3) is 0 Å². The highest BCUT2D eigenvalue weighted by Crippen LogP contribution is 2.38. The Morgan fingerprint density at radius 3 is 2.67 bits per heavy atom. The van der Waals surface area contributed by atoms with Gasteiger partial charge in [0.1, 0.15) is 0 Å². The van der Waals surface area contributed by atoms with Crippen LogP contribution in [-0.4, -0.2) is 92.8 Å². The van der Waals surface area contributed by atoms with E-state index in [1.54, 1.807) is 0 Å². The van der Waals surface area contributed by atoms with Gasteiger partial charge in [0.05, 0.1) is 24.1 Å². The standard InChI is InChI=1S/C31H55ClN6O2/c1-4-40-29-18-27-25(17-28(29)37-30(39)9-7-15-38(2)3)31(22(19-33)20-35-27)36-24-13-11-21(26(32)16-24)10-12-23-8-5-6-14-34-23/h21-29,31,34-36H,4-18,20H2,1-3H3,(H,37,39). The first kappa shape index (κ1) is 32.0. The number of fused-ring (bicyclic) bond motifs is 1. The summed E-state index contributed by atoms with van der Waals surface area (Å²) in [4.78, 5) is 15.0. The van der Waals surface area contributed by atoms with Crippen molar-refractivity contribution in [3.8, 4) is 6.07 Å². The van der Waals surface area contributed by atoms with Crippen molar-refractivity contribution in [2.24, 2.45) is 17.8 Å². The van der Waals surface area contributed by atoms with E-state index in [0.717, 1.165) is 51.6 Å². The molecule has 4 N–H and O–H groups in total. The number of alkyl halides is 1. The molecule has 2 saturated carbocycles. The zero-order chi connectivity index (χ0) is 28.5. The Labute approximate surface area is 248 Å². The maximum atomic E-state index is 12.9. The normalized spacial score (nSPS) is 38.4. The molecule has 2 aliphatic heterocycles. The number of nitrogens with zero attached hydrogens (tertiary/aromatic N) is 2. The van der Waals surface area contributed by atoms with Crippen LogP contribution in [-0.2, 0) is 9.53 Å². The van der Waals surface area contributed by atoms with Gasteiger partial charge >= 0.3 is 0 Å². The van der Waals surface area contributed by atoms with Crippen molar-refractivity contribution in [1.29, 1.82) is 5.26 Å². The van der Waals surface area contributed by atoms with E-state index in [9.17, 15) is 10.1 Å². The number of carbonyl (C=O) groups excluding carboxylic acids is 1. The monoisotopic (exact) mass is 578 g/mol. The van der Waals surface area contributed by atoms with Crippen molar-refractivity contribution in [2.75, 3.05) is 40.3 Å². The number of ether oxygens (including phenoxy) is 1. The molecule has 4 rings (SSSR count). The summed E-state index contributed by atoms with van der Waals surface area (Å²) < 4.78 is 6.15. The molecule has 2 aliphatic carbocycles. The second-order valence-corrected chi connectivity index (χ2v) is 13.7. The maximum absolute atomic E-state index is 12.9. The molecule has 1 amide bonds. The van der Waals surface area contributed by atoms with Crippen LogP contribution in [0.3, 0.4) is 0 Å². The molecule has 8 nitrogen and oxygen atoms in total.